The molecule has 0 amide bonds. The van der Waals surface area contributed by atoms with Crippen LogP contribution in [0.3, 0.4) is 0 Å². The summed E-state index contributed by atoms with van der Waals surface area (Å²) in [5.41, 5.74) is 6.10. The van der Waals surface area contributed by atoms with Gasteiger partial charge in [0.2, 0.25) is 0 Å². The van der Waals surface area contributed by atoms with E-state index in [2.05, 4.69) is 84.6 Å². The molecule has 0 aliphatic carbocycles. The van der Waals surface area contributed by atoms with Crippen LogP contribution in [0.15, 0.2) is 97.1 Å². The van der Waals surface area contributed by atoms with Gasteiger partial charge in [-0.1, -0.05) is 72.8 Å². The predicted octanol–water partition coefficient (Wildman–Crippen LogP) is 9.29. The summed E-state index contributed by atoms with van der Waals surface area (Å²) >= 11 is 0. The Morgan fingerprint density at radius 1 is 0.826 bits per heavy atom. The first-order valence-corrected chi connectivity index (χ1v) is 16.8. The highest BCUT2D eigenvalue weighted by molar-refractivity contribution is 5.78. The molecule has 46 heavy (non-hydrogen) atoms. The molecule has 1 heterocycles. The van der Waals surface area contributed by atoms with E-state index in [0.717, 1.165) is 68.7 Å². The Hall–Kier alpha value is -3.96. The van der Waals surface area contributed by atoms with Crippen molar-refractivity contribution in [1.29, 1.82) is 0 Å². The molecule has 5 heteroatoms. The molecule has 0 bridgehead atoms. The molecule has 1 atom stereocenters. The lowest BCUT2D eigenvalue weighted by Crippen LogP contribution is -2.32. The first kappa shape index (κ1) is 33.4. The first-order chi connectivity index (χ1) is 22.4. The number of rotatable bonds is 15. The minimum atomic E-state index is -0.246. The summed E-state index contributed by atoms with van der Waals surface area (Å²) in [6.07, 6.45) is 7.58. The van der Waals surface area contributed by atoms with Crippen molar-refractivity contribution in [1.82, 2.24) is 4.90 Å². The van der Waals surface area contributed by atoms with Gasteiger partial charge in [0, 0.05) is 24.3 Å². The third kappa shape index (κ3) is 8.06. The average molecular weight is 622 g/mol. The normalized spacial score (nSPS) is 15.2. The average Bonchev–Trinajstić information content (AvgIpc) is 3.24. The Bertz CT molecular complexity index is 1500. The van der Waals surface area contributed by atoms with Crippen LogP contribution in [0.4, 0.5) is 4.39 Å². The number of Topliss-reactive ketones (excluding diaryl/α,β-unsaturated/α-hetero) is 1. The molecule has 4 aromatic carbocycles. The van der Waals surface area contributed by atoms with Gasteiger partial charge in [-0.3, -0.25) is 9.69 Å². The largest absolute Gasteiger partial charge is 0.493 e. The van der Waals surface area contributed by atoms with Gasteiger partial charge in [-0.05, 0) is 117 Å². The van der Waals surface area contributed by atoms with Crippen molar-refractivity contribution in [2.45, 2.75) is 76.2 Å². The number of ketones is 1. The quantitative estimate of drug-likeness (QED) is 0.133. The molecule has 0 saturated heterocycles. The molecular weight excluding hydrogens is 573 g/mol. The van der Waals surface area contributed by atoms with Crippen LogP contribution in [-0.2, 0) is 23.1 Å². The standard InChI is InChI=1S/C41H48FNO3/c1-31-38-30-40(46-3)39(45-2)29-33(38)13-11-27-43(31)28-12-26-41(34-14-6-4-7-15-34,35-16-8-5-9-17-35)25-10-18-37(44)24-21-32-19-22-36(42)23-20-32/h4-9,14-17,19-20,22-23,29-31H,10-13,18,21,24-28H2,1-3H3. The van der Waals surface area contributed by atoms with Gasteiger partial charge in [0.15, 0.2) is 11.5 Å². The lowest BCUT2D eigenvalue weighted by atomic mass is 9.68. The molecule has 0 spiro atoms. The highest BCUT2D eigenvalue weighted by Crippen LogP contribution is 2.42. The Morgan fingerprint density at radius 3 is 2.07 bits per heavy atom. The van der Waals surface area contributed by atoms with E-state index in [1.807, 2.05) is 0 Å². The number of aryl methyl sites for hydroxylation is 2. The molecule has 1 aliphatic heterocycles. The van der Waals surface area contributed by atoms with Crippen molar-refractivity contribution in [2.24, 2.45) is 0 Å². The van der Waals surface area contributed by atoms with Crippen LogP contribution in [-0.4, -0.2) is 38.0 Å². The summed E-state index contributed by atoms with van der Waals surface area (Å²) < 4.78 is 24.6. The van der Waals surface area contributed by atoms with E-state index in [1.165, 1.54) is 34.4 Å². The lowest BCUT2D eigenvalue weighted by Gasteiger charge is -2.37. The van der Waals surface area contributed by atoms with Crippen LogP contribution < -0.4 is 9.47 Å². The summed E-state index contributed by atoms with van der Waals surface area (Å²) in [6, 6.07) is 32.8. The highest BCUT2D eigenvalue weighted by Gasteiger charge is 2.34. The maximum atomic E-state index is 13.3. The topological polar surface area (TPSA) is 38.8 Å². The predicted molar refractivity (Wildman–Crippen MR) is 184 cm³/mol. The first-order valence-electron chi connectivity index (χ1n) is 16.8. The van der Waals surface area contributed by atoms with E-state index >= 15 is 0 Å². The lowest BCUT2D eigenvalue weighted by molar-refractivity contribution is -0.119. The summed E-state index contributed by atoms with van der Waals surface area (Å²) in [7, 11) is 3.40. The fourth-order valence-corrected chi connectivity index (χ4v) is 7.33. The number of methoxy groups -OCH3 is 2. The number of fused-ring (bicyclic) bond motifs is 1. The Labute approximate surface area is 274 Å². The van der Waals surface area contributed by atoms with Gasteiger partial charge in [0.05, 0.1) is 14.2 Å². The summed E-state index contributed by atoms with van der Waals surface area (Å²) in [5, 5.41) is 0. The molecule has 0 radical (unpaired) electrons. The van der Waals surface area contributed by atoms with E-state index in [0.29, 0.717) is 19.3 Å². The number of carbonyl (C=O) groups excluding carboxylic acids is 1. The fourth-order valence-electron chi connectivity index (χ4n) is 7.33. The van der Waals surface area contributed by atoms with Crippen LogP contribution >= 0.6 is 0 Å². The van der Waals surface area contributed by atoms with Gasteiger partial charge >= 0.3 is 0 Å². The molecule has 0 aromatic heterocycles. The van der Waals surface area contributed by atoms with Gasteiger partial charge in [0.1, 0.15) is 11.6 Å². The molecular formula is C41H48FNO3. The molecule has 242 valence electrons. The second-order valence-electron chi connectivity index (χ2n) is 12.7. The third-order valence-electron chi connectivity index (χ3n) is 9.90. The molecule has 0 fully saturated rings. The number of halogens is 1. The maximum absolute atomic E-state index is 13.3. The second kappa shape index (κ2) is 16.0. The molecule has 0 N–H and O–H groups in total. The van der Waals surface area contributed by atoms with Crippen molar-refractivity contribution in [2.75, 3.05) is 27.3 Å². The van der Waals surface area contributed by atoms with E-state index in [1.54, 1.807) is 26.4 Å². The fraction of sp³-hybridized carbons (Fsp3) is 0.390. The van der Waals surface area contributed by atoms with Crippen molar-refractivity contribution >= 4 is 5.78 Å². The molecule has 1 unspecified atom stereocenters. The zero-order chi connectivity index (χ0) is 32.4. The molecule has 1 aliphatic rings. The summed E-state index contributed by atoms with van der Waals surface area (Å²) in [5.74, 6) is 1.60. The molecule has 0 saturated carbocycles. The van der Waals surface area contributed by atoms with E-state index in [9.17, 15) is 9.18 Å². The number of ether oxygens (including phenoxy) is 2. The van der Waals surface area contributed by atoms with Crippen LogP contribution in [0.25, 0.3) is 0 Å². The van der Waals surface area contributed by atoms with Gasteiger partial charge < -0.3 is 9.47 Å². The van der Waals surface area contributed by atoms with Crippen LogP contribution in [0.1, 0.15) is 85.7 Å². The Morgan fingerprint density at radius 2 is 1.43 bits per heavy atom. The number of benzene rings is 4. The van der Waals surface area contributed by atoms with Crippen LogP contribution in [0.5, 0.6) is 11.5 Å². The zero-order valence-electron chi connectivity index (χ0n) is 27.6. The van der Waals surface area contributed by atoms with Gasteiger partial charge in [0.25, 0.3) is 0 Å². The third-order valence-corrected chi connectivity index (χ3v) is 9.90. The number of carbonyl (C=O) groups is 1. The Kier molecular flexibility index (Phi) is 11.7. The number of nitrogens with zero attached hydrogens (tertiary/aromatic N) is 1. The van der Waals surface area contributed by atoms with Crippen molar-refractivity contribution in [3.8, 4) is 11.5 Å². The van der Waals surface area contributed by atoms with Crippen LogP contribution in [0.2, 0.25) is 0 Å². The second-order valence-corrected chi connectivity index (χ2v) is 12.7. The summed E-state index contributed by atoms with van der Waals surface area (Å²) in [4.78, 5) is 15.6. The zero-order valence-corrected chi connectivity index (χ0v) is 27.6. The minimum Gasteiger partial charge on any atom is -0.493 e. The van der Waals surface area contributed by atoms with Gasteiger partial charge in [-0.25, -0.2) is 4.39 Å². The smallest absolute Gasteiger partial charge is 0.161 e. The van der Waals surface area contributed by atoms with Gasteiger partial charge in [-0.2, -0.15) is 0 Å². The van der Waals surface area contributed by atoms with E-state index in [-0.39, 0.29) is 23.1 Å². The monoisotopic (exact) mass is 621 g/mol. The van der Waals surface area contributed by atoms with Gasteiger partial charge in [-0.15, -0.1) is 0 Å². The maximum Gasteiger partial charge on any atom is 0.161 e. The minimum absolute atomic E-state index is 0.191. The Balaban J connectivity index is 1.31. The van der Waals surface area contributed by atoms with E-state index < -0.39 is 0 Å². The van der Waals surface area contributed by atoms with Crippen molar-refractivity contribution in [3.63, 3.8) is 0 Å². The number of hydrogen-bond acceptors (Lipinski definition) is 4. The molecule has 4 aromatic rings. The molecule has 5 rings (SSSR count). The van der Waals surface area contributed by atoms with Crippen molar-refractivity contribution in [3.05, 3.63) is 131 Å². The summed E-state index contributed by atoms with van der Waals surface area (Å²) in [6.45, 7) is 4.36. The van der Waals surface area contributed by atoms with Crippen LogP contribution in [0, 0.1) is 5.82 Å². The van der Waals surface area contributed by atoms with Crippen molar-refractivity contribution < 1.29 is 18.7 Å². The number of hydrogen-bond donors (Lipinski definition) is 0. The molecule has 4 nitrogen and oxygen atoms in total. The highest BCUT2D eigenvalue weighted by atomic mass is 19.1. The SMILES string of the molecule is COc1cc2c(cc1OC)C(C)N(CCCC(CCCC(=O)CCc1ccc(F)cc1)(c1ccccc1)c1ccccc1)CCC2. The van der Waals surface area contributed by atoms with E-state index in [4.69, 9.17) is 9.47 Å².